The van der Waals surface area contributed by atoms with E-state index in [1.807, 2.05) is 0 Å². The van der Waals surface area contributed by atoms with Crippen molar-refractivity contribution in [3.63, 3.8) is 0 Å². The van der Waals surface area contributed by atoms with Crippen LogP contribution in [0, 0.1) is 5.82 Å². The molecule has 0 aliphatic heterocycles. The Morgan fingerprint density at radius 3 is 2.75 bits per heavy atom. The molecule has 0 saturated heterocycles. The minimum atomic E-state index is -0.606. The van der Waals surface area contributed by atoms with Gasteiger partial charge in [-0.2, -0.15) is 0 Å². The first-order valence-electron chi connectivity index (χ1n) is 3.18. The lowest BCUT2D eigenvalue weighted by atomic mass is 9.95. The van der Waals surface area contributed by atoms with Gasteiger partial charge in [-0.3, -0.25) is 0 Å². The lowest BCUT2D eigenvalue weighted by Gasteiger charge is -2.00. The van der Waals surface area contributed by atoms with Crippen LogP contribution >= 0.6 is 0 Å². The van der Waals surface area contributed by atoms with Crippen LogP contribution in [0.4, 0.5) is 4.39 Å². The Morgan fingerprint density at radius 1 is 1.58 bits per heavy atom. The van der Waals surface area contributed by atoms with Gasteiger partial charge in [-0.1, -0.05) is 16.7 Å². The average Bonchev–Trinajstić information content (AvgIpc) is 2.03. The van der Waals surface area contributed by atoms with Crippen LogP contribution in [0.25, 0.3) is 0 Å². The number of amidine groups is 1. The Labute approximate surface area is 70.1 Å². The molecule has 0 bridgehead atoms. The minimum absolute atomic E-state index is 0.0340. The van der Waals surface area contributed by atoms with Crippen molar-refractivity contribution in [2.45, 2.75) is 0 Å². The molecule has 3 nitrogen and oxygen atoms in total. The van der Waals surface area contributed by atoms with Crippen molar-refractivity contribution in [3.8, 4) is 0 Å². The van der Waals surface area contributed by atoms with Gasteiger partial charge < -0.3 is 10.9 Å². The van der Waals surface area contributed by atoms with E-state index < -0.39 is 5.82 Å². The fourth-order valence-corrected chi connectivity index (χ4v) is 0.793. The van der Waals surface area contributed by atoms with Crippen molar-refractivity contribution >= 4 is 19.1 Å². The first kappa shape index (κ1) is 8.58. The average molecular weight is 164 g/mol. The van der Waals surface area contributed by atoms with Gasteiger partial charge in [0.1, 0.15) is 13.7 Å². The topological polar surface area (TPSA) is 58.6 Å². The molecule has 0 saturated carbocycles. The molecular weight excluding hydrogens is 158 g/mol. The van der Waals surface area contributed by atoms with Gasteiger partial charge in [0.15, 0.2) is 5.84 Å². The Kier molecular flexibility index (Phi) is 2.33. The molecule has 1 aromatic carbocycles. The third kappa shape index (κ3) is 1.55. The molecule has 0 atom stereocenters. The second-order valence-corrected chi connectivity index (χ2v) is 2.22. The summed E-state index contributed by atoms with van der Waals surface area (Å²) in [4.78, 5) is 0. The number of hydrogen-bond donors (Lipinski definition) is 2. The fraction of sp³-hybridized carbons (Fsp3) is 0. The predicted molar refractivity (Wildman–Crippen MR) is 44.3 cm³/mol. The Bertz CT molecular complexity index is 327. The van der Waals surface area contributed by atoms with Gasteiger partial charge in [0, 0.05) is 0 Å². The summed E-state index contributed by atoms with van der Waals surface area (Å²) >= 11 is 0. The number of benzene rings is 1. The molecule has 5 heteroatoms. The number of rotatable bonds is 1. The van der Waals surface area contributed by atoms with Gasteiger partial charge in [0.05, 0.1) is 5.56 Å². The van der Waals surface area contributed by atoms with E-state index in [1.165, 1.54) is 12.1 Å². The predicted octanol–water partition coefficient (Wildman–Crippen LogP) is -0.286. The maximum Gasteiger partial charge on any atom is 0.173 e. The molecule has 0 unspecified atom stereocenters. The van der Waals surface area contributed by atoms with E-state index in [0.29, 0.717) is 5.46 Å². The quantitative estimate of drug-likeness (QED) is 0.197. The highest BCUT2D eigenvalue weighted by molar-refractivity contribution is 6.32. The van der Waals surface area contributed by atoms with Gasteiger partial charge in [0.25, 0.3) is 0 Å². The molecule has 0 heterocycles. The van der Waals surface area contributed by atoms with Gasteiger partial charge in [-0.05, 0) is 12.1 Å². The monoisotopic (exact) mass is 164 g/mol. The zero-order valence-electron chi connectivity index (χ0n) is 6.16. The smallest absolute Gasteiger partial charge is 0.173 e. The van der Waals surface area contributed by atoms with Crippen molar-refractivity contribution in [1.29, 1.82) is 0 Å². The van der Waals surface area contributed by atoms with E-state index in [-0.39, 0.29) is 11.4 Å². The van der Waals surface area contributed by atoms with Crippen LogP contribution in [0.15, 0.2) is 23.4 Å². The summed E-state index contributed by atoms with van der Waals surface area (Å²) in [5, 5.41) is 10.9. The standard InChI is InChI=1S/C7H6BFN2O/c8-4-1-2-5(6(9)3-4)7(10)11-12/h1-3,12H,(H2,10,11). The summed E-state index contributed by atoms with van der Waals surface area (Å²) in [7, 11) is 5.29. The van der Waals surface area contributed by atoms with Gasteiger partial charge in [-0.15, -0.1) is 0 Å². The van der Waals surface area contributed by atoms with E-state index >= 15 is 0 Å². The zero-order chi connectivity index (χ0) is 9.14. The Morgan fingerprint density at radius 2 is 2.25 bits per heavy atom. The Hall–Kier alpha value is -1.52. The first-order valence-corrected chi connectivity index (χ1v) is 3.18. The molecule has 0 aromatic heterocycles. The van der Waals surface area contributed by atoms with Crippen LogP contribution < -0.4 is 11.2 Å². The highest BCUT2D eigenvalue weighted by Crippen LogP contribution is 2.03. The second-order valence-electron chi connectivity index (χ2n) is 2.22. The molecule has 1 rings (SSSR count). The summed E-state index contributed by atoms with van der Waals surface area (Å²) in [5.74, 6) is -0.877. The number of halogens is 1. The van der Waals surface area contributed by atoms with E-state index in [9.17, 15) is 4.39 Å². The third-order valence-corrected chi connectivity index (χ3v) is 1.38. The van der Waals surface area contributed by atoms with Crippen LogP contribution in [0.2, 0.25) is 0 Å². The third-order valence-electron chi connectivity index (χ3n) is 1.38. The lowest BCUT2D eigenvalue weighted by Crippen LogP contribution is -2.17. The van der Waals surface area contributed by atoms with Gasteiger partial charge in [0.2, 0.25) is 0 Å². The van der Waals surface area contributed by atoms with Crippen molar-refractivity contribution in [3.05, 3.63) is 29.6 Å². The van der Waals surface area contributed by atoms with E-state index in [2.05, 4.69) is 5.16 Å². The summed E-state index contributed by atoms with van der Waals surface area (Å²) < 4.78 is 12.9. The van der Waals surface area contributed by atoms with Crippen LogP contribution in [-0.2, 0) is 0 Å². The molecule has 0 aliphatic carbocycles. The maximum atomic E-state index is 12.9. The lowest BCUT2D eigenvalue weighted by molar-refractivity contribution is 0.318. The van der Waals surface area contributed by atoms with Gasteiger partial charge >= 0.3 is 0 Å². The van der Waals surface area contributed by atoms with E-state index in [0.717, 1.165) is 6.07 Å². The fourth-order valence-electron chi connectivity index (χ4n) is 0.793. The molecule has 3 N–H and O–H groups in total. The molecular formula is C7H6BFN2O. The van der Waals surface area contributed by atoms with Crippen LogP contribution in [0.3, 0.4) is 0 Å². The molecule has 12 heavy (non-hydrogen) atoms. The molecule has 2 radical (unpaired) electrons. The molecule has 0 spiro atoms. The van der Waals surface area contributed by atoms with Crippen molar-refractivity contribution in [1.82, 2.24) is 0 Å². The summed E-state index contributed by atoms with van der Waals surface area (Å²) in [6.07, 6.45) is 0. The van der Waals surface area contributed by atoms with Crippen molar-refractivity contribution < 1.29 is 9.60 Å². The summed E-state index contributed by atoms with van der Waals surface area (Å²) in [5.41, 5.74) is 5.49. The van der Waals surface area contributed by atoms with Crippen LogP contribution in [0.1, 0.15) is 5.56 Å². The van der Waals surface area contributed by atoms with Crippen molar-refractivity contribution in [2.75, 3.05) is 0 Å². The number of nitrogens with two attached hydrogens (primary N) is 1. The van der Waals surface area contributed by atoms with Crippen molar-refractivity contribution in [2.24, 2.45) is 10.9 Å². The maximum absolute atomic E-state index is 12.9. The molecule has 60 valence electrons. The molecule has 1 aromatic rings. The largest absolute Gasteiger partial charge is 0.409 e. The van der Waals surface area contributed by atoms with Crippen LogP contribution in [0.5, 0.6) is 0 Å². The minimum Gasteiger partial charge on any atom is -0.409 e. The molecule has 0 aliphatic rings. The number of nitrogens with zero attached hydrogens (tertiary/aromatic N) is 1. The zero-order valence-corrected chi connectivity index (χ0v) is 6.16. The number of hydrogen-bond acceptors (Lipinski definition) is 2. The normalized spacial score (nSPS) is 11.6. The SMILES string of the molecule is [B]c1ccc(/C(N)=N/O)c(F)c1. The highest BCUT2D eigenvalue weighted by atomic mass is 19.1. The Balaban J connectivity index is 3.18. The molecule has 0 fully saturated rings. The van der Waals surface area contributed by atoms with E-state index in [1.54, 1.807) is 0 Å². The number of oxime groups is 1. The van der Waals surface area contributed by atoms with Crippen LogP contribution in [-0.4, -0.2) is 18.9 Å². The summed E-state index contributed by atoms with van der Waals surface area (Å²) in [6, 6.07) is 3.92. The second kappa shape index (κ2) is 3.25. The summed E-state index contributed by atoms with van der Waals surface area (Å²) in [6.45, 7) is 0. The van der Waals surface area contributed by atoms with Gasteiger partial charge in [-0.25, -0.2) is 4.39 Å². The highest BCUT2D eigenvalue weighted by Gasteiger charge is 2.05. The van der Waals surface area contributed by atoms with E-state index in [4.69, 9.17) is 18.8 Å². The first-order chi connectivity index (χ1) is 5.65. The molecule has 0 amide bonds.